The van der Waals surface area contributed by atoms with Gasteiger partial charge < -0.3 is 14.8 Å². The van der Waals surface area contributed by atoms with Gasteiger partial charge in [0.1, 0.15) is 16.9 Å². The van der Waals surface area contributed by atoms with Crippen LogP contribution in [0.25, 0.3) is 11.0 Å². The average Bonchev–Trinajstić information content (AvgIpc) is 3.05. The molecule has 3 rings (SSSR count). The van der Waals surface area contributed by atoms with E-state index >= 15 is 0 Å². The van der Waals surface area contributed by atoms with Crippen molar-refractivity contribution >= 4 is 16.9 Å². The number of carbonyl (C=O) groups is 1. The molecule has 0 radical (unpaired) electrons. The molecule has 1 atom stereocenters. The van der Waals surface area contributed by atoms with Crippen LogP contribution in [0.3, 0.4) is 0 Å². The molecule has 2 aromatic carbocycles. The Morgan fingerprint density at radius 2 is 1.96 bits per heavy atom. The molecule has 0 saturated carbocycles. The highest BCUT2D eigenvalue weighted by atomic mass is 16.4. The topological polar surface area (TPSA) is 86.3 Å². The minimum Gasteiger partial charge on any atom is -0.458 e. The number of hydrogen-bond donors (Lipinski definition) is 2. The van der Waals surface area contributed by atoms with Crippen molar-refractivity contribution in [1.82, 2.24) is 5.32 Å². The second-order valence-electron chi connectivity index (χ2n) is 5.79. The summed E-state index contributed by atoms with van der Waals surface area (Å²) in [5.74, 6) is 0.0692. The molecule has 0 bridgehead atoms. The van der Waals surface area contributed by atoms with Crippen molar-refractivity contribution in [2.24, 2.45) is 0 Å². The highest BCUT2D eigenvalue weighted by Gasteiger charge is 2.28. The zero-order valence-electron chi connectivity index (χ0n) is 13.1. The Morgan fingerprint density at radius 3 is 2.62 bits per heavy atom. The zero-order valence-corrected chi connectivity index (χ0v) is 13.1. The first-order valence-electron chi connectivity index (χ1n) is 7.49. The lowest BCUT2D eigenvalue weighted by molar-refractivity contribution is 0.0344. The van der Waals surface area contributed by atoms with Crippen LogP contribution in [0.5, 0.6) is 0 Å². The van der Waals surface area contributed by atoms with Crippen LogP contribution >= 0.6 is 0 Å². The van der Waals surface area contributed by atoms with Crippen molar-refractivity contribution in [1.29, 1.82) is 5.26 Å². The monoisotopic (exact) mass is 320 g/mol. The molecule has 5 heteroatoms. The average molecular weight is 320 g/mol. The maximum absolute atomic E-state index is 12.2. The Hall–Kier alpha value is -3.10. The number of hydrogen-bond acceptors (Lipinski definition) is 4. The van der Waals surface area contributed by atoms with E-state index in [0.29, 0.717) is 22.5 Å². The van der Waals surface area contributed by atoms with Crippen molar-refractivity contribution in [3.05, 3.63) is 71.5 Å². The summed E-state index contributed by atoms with van der Waals surface area (Å²) in [7, 11) is 0. The largest absolute Gasteiger partial charge is 0.458 e. The van der Waals surface area contributed by atoms with E-state index in [0.717, 1.165) is 5.39 Å². The van der Waals surface area contributed by atoms with Gasteiger partial charge in [-0.25, -0.2) is 0 Å². The molecule has 1 heterocycles. The molecule has 3 aromatic rings. The SMILES string of the molecule is CC(O)(CNC(=O)c1ccc(C#N)cc1)c1cc2ccccc2o1. The summed E-state index contributed by atoms with van der Waals surface area (Å²) < 4.78 is 5.66. The summed E-state index contributed by atoms with van der Waals surface area (Å²) in [6.45, 7) is 1.59. The van der Waals surface area contributed by atoms with Gasteiger partial charge in [-0.2, -0.15) is 5.26 Å². The minimum absolute atomic E-state index is 0.00561. The summed E-state index contributed by atoms with van der Waals surface area (Å²) in [5, 5.41) is 23.0. The van der Waals surface area contributed by atoms with Crippen molar-refractivity contribution in [3.8, 4) is 6.07 Å². The Labute approximate surface area is 139 Å². The smallest absolute Gasteiger partial charge is 0.251 e. The molecule has 0 aliphatic carbocycles. The van der Waals surface area contributed by atoms with Gasteiger partial charge in [-0.3, -0.25) is 4.79 Å². The van der Waals surface area contributed by atoms with E-state index in [1.165, 1.54) is 0 Å². The fourth-order valence-electron chi connectivity index (χ4n) is 2.38. The quantitative estimate of drug-likeness (QED) is 0.774. The Bertz CT molecular complexity index is 885. The first-order valence-corrected chi connectivity index (χ1v) is 7.49. The predicted octanol–water partition coefficient (Wildman–Crippen LogP) is 2.94. The number of furan rings is 1. The van der Waals surface area contributed by atoms with Crippen LogP contribution in [-0.4, -0.2) is 17.6 Å². The fraction of sp³-hybridized carbons (Fsp3) is 0.158. The lowest BCUT2D eigenvalue weighted by atomic mass is 10.0. The molecular weight excluding hydrogens is 304 g/mol. The number of nitriles is 1. The highest BCUT2D eigenvalue weighted by Crippen LogP contribution is 2.27. The van der Waals surface area contributed by atoms with Gasteiger partial charge in [-0.15, -0.1) is 0 Å². The van der Waals surface area contributed by atoms with Crippen LogP contribution in [0.1, 0.15) is 28.6 Å². The zero-order chi connectivity index (χ0) is 17.2. The van der Waals surface area contributed by atoms with Crippen LogP contribution in [0.2, 0.25) is 0 Å². The van der Waals surface area contributed by atoms with Crippen molar-refractivity contribution < 1.29 is 14.3 Å². The summed E-state index contributed by atoms with van der Waals surface area (Å²) >= 11 is 0. The van der Waals surface area contributed by atoms with Crippen LogP contribution < -0.4 is 5.32 Å². The van der Waals surface area contributed by atoms with E-state index in [9.17, 15) is 9.90 Å². The van der Waals surface area contributed by atoms with Gasteiger partial charge in [0.15, 0.2) is 0 Å². The molecule has 0 aliphatic rings. The number of rotatable bonds is 4. The second kappa shape index (κ2) is 6.19. The van der Waals surface area contributed by atoms with E-state index < -0.39 is 5.60 Å². The third-order valence-corrected chi connectivity index (χ3v) is 3.83. The van der Waals surface area contributed by atoms with Crippen LogP contribution in [0, 0.1) is 11.3 Å². The van der Waals surface area contributed by atoms with Gasteiger partial charge in [0.2, 0.25) is 0 Å². The third-order valence-electron chi connectivity index (χ3n) is 3.83. The maximum atomic E-state index is 12.2. The van der Waals surface area contributed by atoms with Gasteiger partial charge in [0.05, 0.1) is 18.2 Å². The molecule has 1 aromatic heterocycles. The van der Waals surface area contributed by atoms with Crippen LogP contribution in [-0.2, 0) is 5.60 Å². The lowest BCUT2D eigenvalue weighted by Crippen LogP contribution is -2.38. The number of nitrogens with one attached hydrogen (secondary N) is 1. The Morgan fingerprint density at radius 1 is 1.25 bits per heavy atom. The van der Waals surface area contributed by atoms with Crippen molar-refractivity contribution in [2.75, 3.05) is 6.54 Å². The molecule has 5 nitrogen and oxygen atoms in total. The van der Waals surface area contributed by atoms with Crippen molar-refractivity contribution in [3.63, 3.8) is 0 Å². The van der Waals surface area contributed by atoms with E-state index in [1.54, 1.807) is 37.3 Å². The number of aliphatic hydroxyl groups is 1. The van der Waals surface area contributed by atoms with Gasteiger partial charge >= 0.3 is 0 Å². The molecule has 1 amide bonds. The number of benzene rings is 2. The molecule has 0 aliphatic heterocycles. The highest BCUT2D eigenvalue weighted by molar-refractivity contribution is 5.94. The van der Waals surface area contributed by atoms with Gasteiger partial charge in [-0.05, 0) is 43.3 Å². The lowest BCUT2D eigenvalue weighted by Gasteiger charge is -2.21. The number of carbonyl (C=O) groups excluding carboxylic acids is 1. The Kier molecular flexibility index (Phi) is 4.07. The number of amides is 1. The van der Waals surface area contributed by atoms with E-state index in [4.69, 9.17) is 9.68 Å². The van der Waals surface area contributed by atoms with Gasteiger partial charge in [0.25, 0.3) is 5.91 Å². The number of nitrogens with zero attached hydrogens (tertiary/aromatic N) is 1. The third kappa shape index (κ3) is 3.14. The van der Waals surface area contributed by atoms with E-state index in [1.807, 2.05) is 30.3 Å². The fourth-order valence-corrected chi connectivity index (χ4v) is 2.38. The standard InChI is InChI=1S/C19H16N2O3/c1-19(23,17-10-15-4-2-3-5-16(15)24-17)12-21-18(22)14-8-6-13(11-20)7-9-14/h2-10,23H,12H2,1H3,(H,21,22). The molecule has 24 heavy (non-hydrogen) atoms. The molecule has 120 valence electrons. The Balaban J connectivity index is 1.71. The first-order chi connectivity index (χ1) is 11.5. The summed E-state index contributed by atoms with van der Waals surface area (Å²) in [6.07, 6.45) is 0. The molecule has 0 fully saturated rings. The number of para-hydroxylation sites is 1. The maximum Gasteiger partial charge on any atom is 0.251 e. The number of fused-ring (bicyclic) bond motifs is 1. The molecule has 0 spiro atoms. The normalized spacial score (nSPS) is 13.2. The predicted molar refractivity (Wildman–Crippen MR) is 89.3 cm³/mol. The molecular formula is C19H16N2O3. The van der Waals surface area contributed by atoms with Crippen molar-refractivity contribution in [2.45, 2.75) is 12.5 Å². The first kappa shape index (κ1) is 15.8. The van der Waals surface area contributed by atoms with Crippen LogP contribution in [0.15, 0.2) is 59.0 Å². The summed E-state index contributed by atoms with van der Waals surface area (Å²) in [4.78, 5) is 12.2. The van der Waals surface area contributed by atoms with E-state index in [-0.39, 0.29) is 12.5 Å². The van der Waals surface area contributed by atoms with E-state index in [2.05, 4.69) is 5.32 Å². The second-order valence-corrected chi connectivity index (χ2v) is 5.79. The molecule has 0 saturated heterocycles. The van der Waals surface area contributed by atoms with Gasteiger partial charge in [0, 0.05) is 10.9 Å². The summed E-state index contributed by atoms with van der Waals surface area (Å²) in [5.41, 5.74) is 0.266. The minimum atomic E-state index is -1.33. The molecule has 2 N–H and O–H groups in total. The van der Waals surface area contributed by atoms with Gasteiger partial charge in [-0.1, -0.05) is 18.2 Å². The summed E-state index contributed by atoms with van der Waals surface area (Å²) in [6, 6.07) is 17.5. The van der Waals surface area contributed by atoms with Crippen LogP contribution in [0.4, 0.5) is 0 Å². The molecule has 1 unspecified atom stereocenters.